The van der Waals surface area contributed by atoms with Gasteiger partial charge in [0, 0.05) is 0 Å². The molecule has 0 saturated heterocycles. The van der Waals surface area contributed by atoms with E-state index in [2.05, 4.69) is 36.4 Å². The quantitative estimate of drug-likeness (QED) is 0.534. The molecule has 0 aliphatic heterocycles. The second kappa shape index (κ2) is 7.02. The Hall–Kier alpha value is -2.74. The summed E-state index contributed by atoms with van der Waals surface area (Å²) in [5.74, 6) is 1.14. The summed E-state index contributed by atoms with van der Waals surface area (Å²) in [6.45, 7) is 0. The van der Waals surface area contributed by atoms with Crippen molar-refractivity contribution in [3.05, 3.63) is 91.2 Å². The molecule has 1 heterocycles. The predicted octanol–water partition coefficient (Wildman–Crippen LogP) is 3.97. The summed E-state index contributed by atoms with van der Waals surface area (Å²) in [5, 5.41) is 9.63. The van der Waals surface area contributed by atoms with Crippen LogP contribution in [0.3, 0.4) is 0 Å². The Bertz CT molecular complexity index is 958. The number of aromatic hydroxyl groups is 1. The zero-order valence-corrected chi connectivity index (χ0v) is 15.1. The summed E-state index contributed by atoms with van der Waals surface area (Å²) in [6, 6.07) is 27.9. The van der Waals surface area contributed by atoms with Crippen LogP contribution >= 0.6 is 0 Å². The van der Waals surface area contributed by atoms with E-state index in [0.717, 1.165) is 22.5 Å². The van der Waals surface area contributed by atoms with Crippen LogP contribution in [0.2, 0.25) is 0 Å². The molecule has 0 fully saturated rings. The van der Waals surface area contributed by atoms with E-state index >= 15 is 0 Å². The molecule has 0 atom stereocenters. The molecule has 3 aromatic carbocycles. The Morgan fingerprint density at radius 1 is 0.680 bits per heavy atom. The van der Waals surface area contributed by atoms with Crippen LogP contribution in [0.1, 0.15) is 0 Å². The Kier molecular flexibility index (Phi) is 4.43. The maximum absolute atomic E-state index is 9.63. The van der Waals surface area contributed by atoms with Gasteiger partial charge in [-0.05, 0) is 0 Å². The number of hydrogen-bond acceptors (Lipinski definition) is 2. The van der Waals surface area contributed by atoms with Gasteiger partial charge in [-0.15, -0.1) is 0 Å². The SMILES string of the molecule is Oc1ccc(-c2c([Se]c3ccccc3)coc2-c2ccccc2)cc1. The molecule has 2 nitrogen and oxygen atoms in total. The molecule has 122 valence electrons. The van der Waals surface area contributed by atoms with Gasteiger partial charge in [0.2, 0.25) is 0 Å². The van der Waals surface area contributed by atoms with E-state index in [-0.39, 0.29) is 20.7 Å². The average Bonchev–Trinajstić information content (AvgIpc) is 3.07. The second-order valence-electron chi connectivity index (χ2n) is 5.63. The zero-order chi connectivity index (χ0) is 17.1. The van der Waals surface area contributed by atoms with E-state index in [9.17, 15) is 5.11 Å². The third-order valence-electron chi connectivity index (χ3n) is 3.92. The molecule has 1 aromatic heterocycles. The molecular weight excluding hydrogens is 375 g/mol. The first-order valence-electron chi connectivity index (χ1n) is 8.00. The zero-order valence-electron chi connectivity index (χ0n) is 13.4. The Morgan fingerprint density at radius 3 is 2.00 bits per heavy atom. The van der Waals surface area contributed by atoms with Crippen molar-refractivity contribution in [1.82, 2.24) is 0 Å². The summed E-state index contributed by atoms with van der Waals surface area (Å²) in [4.78, 5) is 0. The van der Waals surface area contributed by atoms with Crippen molar-refractivity contribution < 1.29 is 9.52 Å². The molecule has 25 heavy (non-hydrogen) atoms. The van der Waals surface area contributed by atoms with Crippen LogP contribution < -0.4 is 8.92 Å². The number of benzene rings is 3. The normalized spacial score (nSPS) is 10.7. The third kappa shape index (κ3) is 3.39. The van der Waals surface area contributed by atoms with Crippen molar-refractivity contribution in [1.29, 1.82) is 0 Å². The van der Waals surface area contributed by atoms with Gasteiger partial charge in [-0.25, -0.2) is 0 Å². The van der Waals surface area contributed by atoms with Gasteiger partial charge >= 0.3 is 153 Å². The van der Waals surface area contributed by atoms with Crippen LogP contribution in [-0.2, 0) is 0 Å². The Morgan fingerprint density at radius 2 is 1.32 bits per heavy atom. The molecule has 0 bridgehead atoms. The molecule has 0 spiro atoms. The minimum absolute atomic E-state index is 0.144. The summed E-state index contributed by atoms with van der Waals surface area (Å²) < 4.78 is 8.49. The van der Waals surface area contributed by atoms with E-state index in [4.69, 9.17) is 4.42 Å². The van der Waals surface area contributed by atoms with Crippen LogP contribution in [0.4, 0.5) is 0 Å². The molecule has 4 rings (SSSR count). The van der Waals surface area contributed by atoms with Gasteiger partial charge in [0.15, 0.2) is 0 Å². The van der Waals surface area contributed by atoms with Gasteiger partial charge in [0.1, 0.15) is 0 Å². The topological polar surface area (TPSA) is 33.4 Å². The fraction of sp³-hybridized carbons (Fsp3) is 0. The van der Waals surface area contributed by atoms with Gasteiger partial charge < -0.3 is 0 Å². The summed E-state index contributed by atoms with van der Waals surface area (Å²) in [5.41, 5.74) is 3.22. The second-order valence-corrected chi connectivity index (χ2v) is 7.97. The van der Waals surface area contributed by atoms with Gasteiger partial charge in [-0.2, -0.15) is 0 Å². The van der Waals surface area contributed by atoms with E-state index in [1.807, 2.05) is 42.7 Å². The minimum atomic E-state index is 0.144. The van der Waals surface area contributed by atoms with Crippen molar-refractivity contribution in [2.24, 2.45) is 0 Å². The molecule has 0 amide bonds. The van der Waals surface area contributed by atoms with Gasteiger partial charge in [-0.3, -0.25) is 0 Å². The first-order valence-corrected chi connectivity index (χ1v) is 9.72. The Balaban J connectivity index is 1.84. The van der Waals surface area contributed by atoms with Crippen molar-refractivity contribution >= 4 is 23.9 Å². The van der Waals surface area contributed by atoms with Gasteiger partial charge in [-0.1, -0.05) is 0 Å². The fourth-order valence-corrected chi connectivity index (χ4v) is 4.74. The van der Waals surface area contributed by atoms with Crippen LogP contribution in [0.5, 0.6) is 5.75 Å². The van der Waals surface area contributed by atoms with Crippen molar-refractivity contribution in [3.8, 4) is 28.2 Å². The van der Waals surface area contributed by atoms with Crippen LogP contribution in [0.15, 0.2) is 95.6 Å². The summed E-state index contributed by atoms with van der Waals surface area (Å²) >= 11 is 0.144. The average molecular weight is 391 g/mol. The van der Waals surface area contributed by atoms with E-state index in [1.165, 1.54) is 8.92 Å². The third-order valence-corrected chi connectivity index (χ3v) is 6.08. The first kappa shape index (κ1) is 15.8. The van der Waals surface area contributed by atoms with E-state index < -0.39 is 0 Å². The molecule has 0 aliphatic carbocycles. The molecule has 4 aromatic rings. The number of rotatable bonds is 4. The molecular formula is C22H16O2Se. The molecule has 0 radical (unpaired) electrons. The van der Waals surface area contributed by atoms with Gasteiger partial charge in [0.05, 0.1) is 0 Å². The predicted molar refractivity (Wildman–Crippen MR) is 103 cm³/mol. The van der Waals surface area contributed by atoms with Crippen LogP contribution in [0, 0.1) is 0 Å². The molecule has 1 N–H and O–H groups in total. The number of phenols is 1. The summed E-state index contributed by atoms with van der Waals surface area (Å²) in [7, 11) is 0. The van der Waals surface area contributed by atoms with Crippen molar-refractivity contribution in [2.75, 3.05) is 0 Å². The standard InChI is InChI=1S/C22H16O2Se/c23-18-13-11-16(12-14-18)21-20(25-19-9-5-2-6-10-19)15-24-22(21)17-7-3-1-4-8-17/h1-15,23H. The molecule has 0 aliphatic rings. The molecule has 0 saturated carbocycles. The van der Waals surface area contributed by atoms with E-state index in [1.54, 1.807) is 12.1 Å². The maximum atomic E-state index is 9.63. The van der Waals surface area contributed by atoms with Crippen molar-refractivity contribution in [3.63, 3.8) is 0 Å². The fourth-order valence-electron chi connectivity index (χ4n) is 2.74. The number of hydrogen-bond donors (Lipinski definition) is 1. The van der Waals surface area contributed by atoms with Crippen molar-refractivity contribution in [2.45, 2.75) is 0 Å². The monoisotopic (exact) mass is 392 g/mol. The Labute approximate surface area is 152 Å². The van der Waals surface area contributed by atoms with Crippen LogP contribution in [0.25, 0.3) is 22.5 Å². The summed E-state index contributed by atoms with van der Waals surface area (Å²) in [6.07, 6.45) is 1.87. The first-order chi connectivity index (χ1) is 12.3. The number of furan rings is 1. The molecule has 3 heteroatoms. The van der Waals surface area contributed by atoms with Gasteiger partial charge in [0.25, 0.3) is 0 Å². The molecule has 0 unspecified atom stereocenters. The number of phenolic OH excluding ortho intramolecular Hbond substituents is 1. The van der Waals surface area contributed by atoms with Crippen LogP contribution in [-0.4, -0.2) is 20.1 Å². The van der Waals surface area contributed by atoms with E-state index in [0.29, 0.717) is 0 Å².